The lowest BCUT2D eigenvalue weighted by molar-refractivity contribution is -0.151. The van der Waals surface area contributed by atoms with Gasteiger partial charge in [-0.2, -0.15) is 13.2 Å². The van der Waals surface area contributed by atoms with E-state index < -0.39 is 66.0 Å². The topological polar surface area (TPSA) is 365 Å². The standard InChI is InChI=1S/C37H54F3N5O5S2.C37H57N5O5S2.C36H55N5O5S2/c1-21(2)15-25(16-33-43-32(20-51-33)37(38,39)40)41-34(48)27-19-52-35(42-27)31(50-23(5)46)18-29(22(3)4)45(7)36(49)26(24-11-10-12-24)17-30(47)28-13-8-9-14-44(28)6;1-22(2)16-27(17-34-38-24(5)20-48-34)39-35(45)29-21-49-36(40-29)33(47-25(6)43)19-31(23(3)4)42(8)37(46)28(26-12-11-13-26)18-32(44)30-14-9-10-15-41(30)7;1-22(2)17-26(18-33-37-14-16-47-33)38-34(44)28-21-48-35(39-28)32(46-24(5)42)20-30(23(3)4)41(7)36(45)27(25-11-10-12-25)19-31(43)29-13-8-9-15-40(29)6/h19-22,24-26,28-29,31H,8-18H2,1-7H3,(H,41,48);20-23,26-28,30-31,33H,9-19H2,1-8H3,(H,39,45);14,16,21-23,25-27,29-30,32H,8-13,15,17-20H2,1-7H3,(H,38,44)/t25-,26+,28-,29-,31-;27-,28+,30-,31-,33-;26-,27+,29-,30-,32-/m111/s1. The van der Waals surface area contributed by atoms with Crippen LogP contribution in [0.5, 0.6) is 0 Å². The summed E-state index contributed by atoms with van der Waals surface area (Å²) in [4.78, 5) is 199. The highest BCUT2D eigenvalue weighted by molar-refractivity contribution is 7.11. The second kappa shape index (κ2) is 58.3. The van der Waals surface area contributed by atoms with Crippen LogP contribution in [0.3, 0.4) is 0 Å². The fraction of sp³-hybridized carbons (Fsp3) is 0.727. The summed E-state index contributed by atoms with van der Waals surface area (Å²) in [6, 6.07) is -1.94. The molecule has 3 saturated carbocycles. The van der Waals surface area contributed by atoms with E-state index >= 15 is 0 Å². The minimum atomic E-state index is -4.54. The van der Waals surface area contributed by atoms with Crippen molar-refractivity contribution < 1.29 is 84.9 Å². The summed E-state index contributed by atoms with van der Waals surface area (Å²) < 4.78 is 56.8. The Hall–Kier alpha value is -8.31. The molecule has 0 unspecified atom stereocenters. The van der Waals surface area contributed by atoms with Crippen LogP contribution in [0.4, 0.5) is 13.2 Å². The van der Waals surface area contributed by atoms with Crippen molar-refractivity contribution >= 4 is 139 Å². The second-order valence-electron chi connectivity index (χ2n) is 44.8. The minimum absolute atomic E-state index is 0.0115. The highest BCUT2D eigenvalue weighted by atomic mass is 32.1. The number of ketones is 3. The SMILES string of the molecule is CC(=O)O[C@H](C[C@H](C(C)C)N(C)C(=O)[C@@H](CC(=O)[C@H]1CCCCN1C)C1CCC1)c1nc(C(=O)N[C@@H](Cc2nc(C(F)(F)F)cs2)CC(C)C)cs1.CC(=O)O[C@H](C[C@H](C(C)C)N(C)C(=O)[C@@H](CC(=O)[C@H]1CCCCN1C)C1CCC1)c1nc(C(=O)N[C@@H](Cc2nc(C)cs2)CC(C)C)cs1.CC(=O)O[C@H](C[C@H](C(C)C)N(C)C(=O)[C@@H](CC(=O)[C@H]1CCCCN1C)C1CCC1)c1nc(C(=O)N[C@@H](Cc2nccs2)CC(C)C)cs1. The number of nitrogens with zero attached hydrogens (tertiary/aromatic N) is 12. The number of hydrogen-bond acceptors (Lipinski definition) is 30. The Morgan fingerprint density at radius 2 is 0.691 bits per heavy atom. The lowest BCUT2D eigenvalue weighted by atomic mass is 9.72. The van der Waals surface area contributed by atoms with Crippen LogP contribution in [0.2, 0.25) is 0 Å². The number of likely N-dealkylation sites (N-methyl/N-ethyl adjacent to an activating group) is 3. The van der Waals surface area contributed by atoms with Crippen LogP contribution in [-0.2, 0) is 82.8 Å². The van der Waals surface area contributed by atoms with E-state index in [1.165, 1.54) is 43.4 Å². The third-order valence-electron chi connectivity index (χ3n) is 30.6. The van der Waals surface area contributed by atoms with Gasteiger partial charge in [-0.25, -0.2) is 29.9 Å². The first-order chi connectivity index (χ1) is 70.5. The number of Topliss-reactive ketones (excluding diaryl/α,β-unsaturated/α-hetero) is 3. The van der Waals surface area contributed by atoms with Crippen molar-refractivity contribution in [3.05, 3.63) is 97.0 Å². The van der Waals surface area contributed by atoms with Crippen molar-refractivity contribution in [1.82, 2.24) is 75.3 Å². The number of ether oxygens (including phenoxy) is 3. The molecule has 3 saturated heterocycles. The lowest BCUT2D eigenvalue weighted by Crippen LogP contribution is -2.49. The van der Waals surface area contributed by atoms with Crippen molar-refractivity contribution in [3.63, 3.8) is 0 Å². The van der Waals surface area contributed by atoms with Gasteiger partial charge in [0.2, 0.25) is 17.7 Å². The Morgan fingerprint density at radius 3 is 0.933 bits per heavy atom. The number of carbonyl (C=O) groups excluding carboxylic acids is 12. The van der Waals surface area contributed by atoms with E-state index in [0.717, 1.165) is 192 Å². The Labute approximate surface area is 904 Å². The predicted molar refractivity (Wildman–Crippen MR) is 579 cm³/mol. The first-order valence-electron chi connectivity index (χ1n) is 54.1. The Kier molecular flexibility index (Phi) is 47.9. The van der Waals surface area contributed by atoms with Gasteiger partial charge < -0.3 is 44.9 Å². The normalized spacial score (nSPS) is 19.6. The zero-order chi connectivity index (χ0) is 109. The number of thiazole rings is 6. The molecule has 0 bridgehead atoms. The zero-order valence-corrected chi connectivity index (χ0v) is 96.7. The monoisotopic (exact) mass is 2190 g/mol. The number of hydrogen-bond donors (Lipinski definition) is 3. The van der Waals surface area contributed by atoms with Crippen molar-refractivity contribution in [1.29, 1.82) is 0 Å². The molecule has 9 heterocycles. The van der Waals surface area contributed by atoms with Gasteiger partial charge in [0.15, 0.2) is 41.4 Å². The van der Waals surface area contributed by atoms with Gasteiger partial charge in [0.25, 0.3) is 17.7 Å². The molecule has 39 heteroatoms. The van der Waals surface area contributed by atoms with Gasteiger partial charge in [0.05, 0.1) is 33.1 Å². The van der Waals surface area contributed by atoms with Crippen LogP contribution < -0.4 is 16.0 Å². The zero-order valence-electron chi connectivity index (χ0n) is 91.8. The Morgan fingerprint density at radius 1 is 0.389 bits per heavy atom. The second-order valence-corrected chi connectivity index (χ2v) is 50.4. The molecule has 149 heavy (non-hydrogen) atoms. The summed E-state index contributed by atoms with van der Waals surface area (Å²) in [5.41, 5.74) is 0.684. The molecule has 6 aromatic rings. The van der Waals surface area contributed by atoms with Gasteiger partial charge in [-0.3, -0.25) is 72.2 Å². The summed E-state index contributed by atoms with van der Waals surface area (Å²) in [7, 11) is 11.4. The van der Waals surface area contributed by atoms with Crippen LogP contribution in [-0.4, -0.2) is 246 Å². The number of aryl methyl sites for hydroxylation is 1. The highest BCUT2D eigenvalue weighted by Gasteiger charge is 2.47. The van der Waals surface area contributed by atoms with E-state index in [2.05, 4.69) is 116 Å². The van der Waals surface area contributed by atoms with E-state index in [9.17, 15) is 70.7 Å². The smallest absolute Gasteiger partial charge is 0.434 e. The summed E-state index contributed by atoms with van der Waals surface area (Å²) in [6.45, 7) is 33.3. The quantitative estimate of drug-likeness (QED) is 0.0236. The maximum Gasteiger partial charge on any atom is 0.434 e. The van der Waals surface area contributed by atoms with E-state index in [1.807, 2.05) is 80.6 Å². The minimum Gasteiger partial charge on any atom is -0.455 e. The third-order valence-corrected chi connectivity index (χ3v) is 36.0. The van der Waals surface area contributed by atoms with Crippen LogP contribution >= 0.6 is 68.0 Å². The number of alkyl halides is 3. The largest absolute Gasteiger partial charge is 0.455 e. The van der Waals surface area contributed by atoms with E-state index in [-0.39, 0.29) is 203 Å². The average Bonchev–Trinajstić information content (AvgIpc) is 1.47. The Bertz CT molecular complexity index is 5320. The molecule has 0 spiro atoms. The fourth-order valence-electron chi connectivity index (χ4n) is 21.9. The molecule has 3 aliphatic heterocycles. The molecule has 30 nitrogen and oxygen atoms in total. The molecule has 0 aromatic carbocycles. The number of nitrogens with one attached hydrogen (secondary N) is 3. The van der Waals surface area contributed by atoms with Crippen molar-refractivity contribution in [2.45, 2.75) is 382 Å². The molecular weight excluding hydrogens is 2020 g/mol. The van der Waals surface area contributed by atoms with Gasteiger partial charge in [-0.15, -0.1) is 68.0 Å². The molecule has 0 radical (unpaired) electrons. The fourth-order valence-corrected chi connectivity index (χ4v) is 26.8. The Balaban J connectivity index is 0.000000229. The summed E-state index contributed by atoms with van der Waals surface area (Å²) in [6.07, 6.45) is 18.0. The van der Waals surface area contributed by atoms with Gasteiger partial charge in [-0.05, 0) is 197 Å². The number of aromatic nitrogens is 6. The average molecular weight is 2190 g/mol. The van der Waals surface area contributed by atoms with Gasteiger partial charge in [-0.1, -0.05) is 122 Å². The number of rotatable bonds is 51. The van der Waals surface area contributed by atoms with Gasteiger partial charge >= 0.3 is 24.1 Å². The van der Waals surface area contributed by atoms with E-state index in [1.54, 1.807) is 66.8 Å². The molecule has 6 fully saturated rings. The molecule has 6 aliphatic rings. The summed E-state index contributed by atoms with van der Waals surface area (Å²) >= 11 is 7.81. The van der Waals surface area contributed by atoms with Crippen LogP contribution in [0.1, 0.15) is 368 Å². The number of esters is 3. The predicted octanol–water partition coefficient (Wildman–Crippen LogP) is 20.3. The van der Waals surface area contributed by atoms with Crippen LogP contribution in [0.25, 0.3) is 0 Å². The molecule has 15 atom stereocenters. The molecule has 12 rings (SSSR count). The molecule has 828 valence electrons. The number of likely N-dealkylation sites (tertiary alicyclic amines) is 3. The molecule has 6 aromatic heterocycles. The molecule has 6 amide bonds. The number of amides is 6. The van der Waals surface area contributed by atoms with Crippen LogP contribution in [0, 0.1) is 77.9 Å². The van der Waals surface area contributed by atoms with Crippen molar-refractivity contribution in [2.24, 2.45) is 71.0 Å². The van der Waals surface area contributed by atoms with Crippen molar-refractivity contribution in [3.8, 4) is 0 Å². The van der Waals surface area contributed by atoms with Gasteiger partial charge in [0.1, 0.15) is 32.1 Å². The number of piperidine rings is 3. The van der Waals surface area contributed by atoms with E-state index in [4.69, 9.17) is 14.2 Å². The molecule has 3 aliphatic carbocycles. The lowest BCUT2D eigenvalue weighted by Gasteiger charge is -2.40. The number of halogens is 3. The van der Waals surface area contributed by atoms with Gasteiger partial charge in [0, 0.05) is 198 Å². The maximum absolute atomic E-state index is 14.3. The molecular formula is C110H166F3N15O15S6. The van der Waals surface area contributed by atoms with E-state index in [0.29, 0.717) is 59.0 Å². The molecule has 3 N–H and O–H groups in total. The van der Waals surface area contributed by atoms with Crippen LogP contribution in [0.15, 0.2) is 38.5 Å². The highest BCUT2D eigenvalue weighted by Crippen LogP contribution is 2.45. The maximum atomic E-state index is 14.3. The number of carbonyl (C=O) groups is 12. The summed E-state index contributed by atoms with van der Waals surface area (Å²) in [5.74, 6) is -1.64. The van der Waals surface area contributed by atoms with Crippen molar-refractivity contribution in [2.75, 3.05) is 61.9 Å². The first-order valence-corrected chi connectivity index (χ1v) is 59.4. The first kappa shape index (κ1) is 123. The third kappa shape index (κ3) is 36.7. The summed E-state index contributed by atoms with van der Waals surface area (Å²) in [5, 5.41) is 22.8.